The minimum Gasteiger partial charge on any atom is -0.353 e. The van der Waals surface area contributed by atoms with Crippen LogP contribution in [0, 0.1) is 0 Å². The Kier molecular flexibility index (Phi) is 6.88. The number of fused-ring (bicyclic) bond motifs is 1. The summed E-state index contributed by atoms with van der Waals surface area (Å²) >= 11 is 1.69. The van der Waals surface area contributed by atoms with Gasteiger partial charge >= 0.3 is 0 Å². The molecule has 3 rings (SSSR count). The third kappa shape index (κ3) is 4.37. The average Bonchev–Trinajstić information content (AvgIpc) is 3.02. The van der Waals surface area contributed by atoms with E-state index < -0.39 is 0 Å². The van der Waals surface area contributed by atoms with Crippen LogP contribution in [-0.2, 0) is 14.3 Å². The first-order chi connectivity index (χ1) is 12.7. The maximum Gasteiger partial charge on any atom is 0.233 e. The van der Waals surface area contributed by atoms with Crippen LogP contribution in [0.4, 0.5) is 0 Å². The zero-order chi connectivity index (χ0) is 18.4. The van der Waals surface area contributed by atoms with Crippen molar-refractivity contribution < 1.29 is 14.3 Å². The van der Waals surface area contributed by atoms with Gasteiger partial charge in [0.05, 0.1) is 11.3 Å². The molecule has 1 unspecified atom stereocenters. The Balaban J connectivity index is 1.70. The fraction of sp³-hybridized carbons (Fsp3) is 0.500. The maximum atomic E-state index is 12.4. The molecule has 1 saturated heterocycles. The van der Waals surface area contributed by atoms with Crippen molar-refractivity contribution in [2.24, 2.45) is 0 Å². The molecule has 1 atom stereocenters. The van der Waals surface area contributed by atoms with Gasteiger partial charge in [0, 0.05) is 37.8 Å². The van der Waals surface area contributed by atoms with E-state index in [-0.39, 0.29) is 17.6 Å². The van der Waals surface area contributed by atoms with Gasteiger partial charge < -0.3 is 14.4 Å². The molecule has 0 radical (unpaired) electrons. The standard InChI is InChI=1S/C20H26N2O3S/c1-3-24-19(25-4-2)10-7-13-22-18(23)14-26-20(22)16-11-12-21-17-9-6-5-8-15(16)17/h5-6,8-9,11-12,19-20H,3-4,7,10,13-14H2,1-2H3. The molecule has 0 spiro atoms. The molecule has 1 aromatic carbocycles. The molecule has 2 heterocycles. The Morgan fingerprint density at radius 3 is 2.77 bits per heavy atom. The van der Waals surface area contributed by atoms with Crippen LogP contribution in [0.3, 0.4) is 0 Å². The van der Waals surface area contributed by atoms with E-state index in [4.69, 9.17) is 9.47 Å². The molecular formula is C20H26N2O3S. The number of hydrogen-bond donors (Lipinski definition) is 0. The number of amides is 1. The lowest BCUT2D eigenvalue weighted by atomic mass is 10.1. The molecule has 0 N–H and O–H groups in total. The zero-order valence-electron chi connectivity index (χ0n) is 15.4. The van der Waals surface area contributed by atoms with Crippen LogP contribution in [0.25, 0.3) is 10.9 Å². The van der Waals surface area contributed by atoms with Gasteiger partial charge in [-0.2, -0.15) is 0 Å². The van der Waals surface area contributed by atoms with Crippen molar-refractivity contribution in [3.63, 3.8) is 0 Å². The predicted octanol–water partition coefficient (Wildman–Crippen LogP) is 3.99. The molecule has 1 aliphatic rings. The van der Waals surface area contributed by atoms with Gasteiger partial charge in [0.2, 0.25) is 5.91 Å². The molecule has 2 aromatic rings. The first kappa shape index (κ1) is 19.1. The summed E-state index contributed by atoms with van der Waals surface area (Å²) in [5, 5.41) is 1.17. The van der Waals surface area contributed by atoms with Crippen molar-refractivity contribution in [1.29, 1.82) is 0 Å². The number of rotatable bonds is 9. The third-order valence-electron chi connectivity index (χ3n) is 4.46. The lowest BCUT2D eigenvalue weighted by Crippen LogP contribution is -2.30. The summed E-state index contributed by atoms with van der Waals surface area (Å²) in [5.74, 6) is 0.729. The van der Waals surface area contributed by atoms with E-state index in [0.717, 1.165) is 29.3 Å². The Morgan fingerprint density at radius 2 is 2.00 bits per heavy atom. The Bertz CT molecular complexity index is 729. The normalized spacial score (nSPS) is 17.6. The molecule has 26 heavy (non-hydrogen) atoms. The second-order valence-electron chi connectivity index (χ2n) is 6.15. The first-order valence-electron chi connectivity index (χ1n) is 9.22. The van der Waals surface area contributed by atoms with Crippen LogP contribution in [0.5, 0.6) is 0 Å². The van der Waals surface area contributed by atoms with E-state index in [1.807, 2.05) is 49.2 Å². The maximum absolute atomic E-state index is 12.4. The van der Waals surface area contributed by atoms with Crippen LogP contribution < -0.4 is 0 Å². The number of carbonyl (C=O) groups is 1. The average molecular weight is 375 g/mol. The number of para-hydroxylation sites is 1. The predicted molar refractivity (Wildman–Crippen MR) is 105 cm³/mol. The molecule has 1 aromatic heterocycles. The van der Waals surface area contributed by atoms with Gasteiger partial charge in [-0.25, -0.2) is 0 Å². The number of thioether (sulfide) groups is 1. The van der Waals surface area contributed by atoms with E-state index in [9.17, 15) is 4.79 Å². The molecule has 1 amide bonds. The van der Waals surface area contributed by atoms with Crippen LogP contribution in [0.2, 0.25) is 0 Å². The van der Waals surface area contributed by atoms with Crippen molar-refractivity contribution in [3.8, 4) is 0 Å². The van der Waals surface area contributed by atoms with Gasteiger partial charge in [-0.3, -0.25) is 9.78 Å². The minimum atomic E-state index is -0.185. The number of pyridine rings is 1. The summed E-state index contributed by atoms with van der Waals surface area (Å²) in [6, 6.07) is 10.1. The van der Waals surface area contributed by atoms with Crippen LogP contribution in [0.15, 0.2) is 36.5 Å². The van der Waals surface area contributed by atoms with Gasteiger partial charge in [0.15, 0.2) is 6.29 Å². The lowest BCUT2D eigenvalue weighted by Gasteiger charge is -2.26. The number of nitrogens with zero attached hydrogens (tertiary/aromatic N) is 2. The van der Waals surface area contributed by atoms with Gasteiger partial charge in [0.1, 0.15) is 5.37 Å². The van der Waals surface area contributed by atoms with Crippen molar-refractivity contribution >= 4 is 28.6 Å². The summed E-state index contributed by atoms with van der Waals surface area (Å²) < 4.78 is 11.2. The highest BCUT2D eigenvalue weighted by Gasteiger charge is 2.33. The molecule has 1 fully saturated rings. The highest BCUT2D eigenvalue weighted by Crippen LogP contribution is 2.41. The molecule has 6 heteroatoms. The van der Waals surface area contributed by atoms with Crippen molar-refractivity contribution in [1.82, 2.24) is 9.88 Å². The van der Waals surface area contributed by atoms with Crippen molar-refractivity contribution in [2.75, 3.05) is 25.5 Å². The van der Waals surface area contributed by atoms with Gasteiger partial charge in [-0.05, 0) is 38.0 Å². The fourth-order valence-corrected chi connectivity index (χ4v) is 4.56. The zero-order valence-corrected chi connectivity index (χ0v) is 16.2. The second kappa shape index (κ2) is 9.35. The number of hydrogen-bond acceptors (Lipinski definition) is 5. The van der Waals surface area contributed by atoms with Crippen LogP contribution >= 0.6 is 11.8 Å². The van der Waals surface area contributed by atoms with E-state index in [0.29, 0.717) is 25.5 Å². The molecule has 140 valence electrons. The van der Waals surface area contributed by atoms with E-state index >= 15 is 0 Å². The number of aromatic nitrogens is 1. The monoisotopic (exact) mass is 374 g/mol. The van der Waals surface area contributed by atoms with E-state index in [1.165, 1.54) is 0 Å². The Hall–Kier alpha value is -1.63. The smallest absolute Gasteiger partial charge is 0.233 e. The SMILES string of the molecule is CCOC(CCCN1C(=O)CSC1c1ccnc2ccccc12)OCC. The molecule has 0 saturated carbocycles. The van der Waals surface area contributed by atoms with E-state index in [2.05, 4.69) is 11.1 Å². The fourth-order valence-electron chi connectivity index (χ4n) is 3.30. The minimum absolute atomic E-state index is 0.0491. The highest BCUT2D eigenvalue weighted by atomic mass is 32.2. The largest absolute Gasteiger partial charge is 0.353 e. The molecule has 0 aliphatic carbocycles. The van der Waals surface area contributed by atoms with Crippen LogP contribution in [-0.4, -0.2) is 47.6 Å². The Labute approximate surface area is 159 Å². The first-order valence-corrected chi connectivity index (χ1v) is 10.3. The number of carbonyl (C=O) groups excluding carboxylic acids is 1. The summed E-state index contributed by atoms with van der Waals surface area (Å²) in [7, 11) is 0. The van der Waals surface area contributed by atoms with Gasteiger partial charge in [0.25, 0.3) is 0 Å². The van der Waals surface area contributed by atoms with Crippen LogP contribution in [0.1, 0.15) is 37.6 Å². The quantitative estimate of drug-likeness (QED) is 0.621. The van der Waals surface area contributed by atoms with Gasteiger partial charge in [-0.1, -0.05) is 18.2 Å². The Morgan fingerprint density at radius 1 is 1.23 bits per heavy atom. The second-order valence-corrected chi connectivity index (χ2v) is 7.22. The molecule has 5 nitrogen and oxygen atoms in total. The lowest BCUT2D eigenvalue weighted by molar-refractivity contribution is -0.142. The third-order valence-corrected chi connectivity index (χ3v) is 5.70. The number of benzene rings is 1. The van der Waals surface area contributed by atoms with Crippen molar-refractivity contribution in [2.45, 2.75) is 38.4 Å². The topological polar surface area (TPSA) is 51.7 Å². The van der Waals surface area contributed by atoms with E-state index in [1.54, 1.807) is 11.8 Å². The molecule has 1 aliphatic heterocycles. The van der Waals surface area contributed by atoms with Crippen molar-refractivity contribution in [3.05, 3.63) is 42.1 Å². The molecule has 0 bridgehead atoms. The summed E-state index contributed by atoms with van der Waals surface area (Å²) in [6.07, 6.45) is 3.30. The number of ether oxygens (including phenoxy) is 2. The highest BCUT2D eigenvalue weighted by molar-refractivity contribution is 8.00. The van der Waals surface area contributed by atoms with Gasteiger partial charge in [-0.15, -0.1) is 11.8 Å². The molecular weight excluding hydrogens is 348 g/mol. The summed E-state index contributed by atoms with van der Waals surface area (Å²) in [4.78, 5) is 18.9. The summed E-state index contributed by atoms with van der Waals surface area (Å²) in [5.41, 5.74) is 2.13. The summed E-state index contributed by atoms with van der Waals surface area (Å²) in [6.45, 7) is 5.92.